The molecule has 0 bridgehead atoms. The van der Waals surface area contributed by atoms with E-state index in [4.69, 9.17) is 0 Å². The van der Waals surface area contributed by atoms with Crippen molar-refractivity contribution in [2.75, 3.05) is 11.4 Å². The van der Waals surface area contributed by atoms with Crippen LogP contribution in [0, 0.1) is 24.1 Å². The quantitative estimate of drug-likeness (QED) is 0.784. The molecular formula is C15H12FN3. The molecule has 1 aliphatic heterocycles. The van der Waals surface area contributed by atoms with Crippen LogP contribution in [0.25, 0.3) is 0 Å². The molecule has 0 unspecified atom stereocenters. The smallest absolute Gasteiger partial charge is 0.151 e. The number of nitrogens with zero attached hydrogens (tertiary/aromatic N) is 3. The summed E-state index contributed by atoms with van der Waals surface area (Å²) in [6.07, 6.45) is 0.843. The molecule has 2 heterocycles. The monoisotopic (exact) mass is 253 g/mol. The summed E-state index contributed by atoms with van der Waals surface area (Å²) in [4.78, 5) is 6.36. The number of nitriles is 1. The Morgan fingerprint density at radius 1 is 1.32 bits per heavy atom. The Hall–Kier alpha value is -2.41. The highest BCUT2D eigenvalue weighted by Gasteiger charge is 2.24. The highest BCUT2D eigenvalue weighted by atomic mass is 19.1. The number of halogens is 1. The lowest BCUT2D eigenvalue weighted by atomic mass is 10.1. The van der Waals surface area contributed by atoms with Gasteiger partial charge in [-0.3, -0.25) is 0 Å². The molecule has 0 aliphatic carbocycles. The van der Waals surface area contributed by atoms with Crippen LogP contribution in [0.5, 0.6) is 0 Å². The van der Waals surface area contributed by atoms with Gasteiger partial charge in [0.2, 0.25) is 0 Å². The van der Waals surface area contributed by atoms with E-state index in [0.29, 0.717) is 11.4 Å². The van der Waals surface area contributed by atoms with E-state index in [2.05, 4.69) is 11.1 Å². The molecule has 0 N–H and O–H groups in total. The van der Waals surface area contributed by atoms with E-state index in [1.165, 1.54) is 12.1 Å². The zero-order chi connectivity index (χ0) is 13.4. The van der Waals surface area contributed by atoms with Gasteiger partial charge in [-0.15, -0.1) is 0 Å². The van der Waals surface area contributed by atoms with Crippen molar-refractivity contribution in [3.05, 3.63) is 53.0 Å². The van der Waals surface area contributed by atoms with Gasteiger partial charge in [0.25, 0.3) is 0 Å². The van der Waals surface area contributed by atoms with Crippen molar-refractivity contribution in [3.63, 3.8) is 0 Å². The maximum Gasteiger partial charge on any atom is 0.151 e. The average molecular weight is 253 g/mol. The molecule has 0 radical (unpaired) electrons. The topological polar surface area (TPSA) is 39.9 Å². The first-order valence-electron chi connectivity index (χ1n) is 6.13. The minimum Gasteiger partial charge on any atom is -0.325 e. The Morgan fingerprint density at radius 2 is 2.16 bits per heavy atom. The summed E-state index contributed by atoms with van der Waals surface area (Å²) in [5.74, 6) is 0.351. The number of aryl methyl sites for hydroxylation is 1. The highest BCUT2D eigenvalue weighted by Crippen LogP contribution is 2.35. The largest absolute Gasteiger partial charge is 0.325 e. The van der Waals surface area contributed by atoms with Gasteiger partial charge in [0.1, 0.15) is 11.9 Å². The van der Waals surface area contributed by atoms with E-state index >= 15 is 0 Å². The Bertz CT molecular complexity index is 688. The summed E-state index contributed by atoms with van der Waals surface area (Å²) < 4.78 is 13.4. The number of anilines is 2. The van der Waals surface area contributed by atoms with E-state index < -0.39 is 0 Å². The van der Waals surface area contributed by atoms with Gasteiger partial charge in [-0.25, -0.2) is 9.37 Å². The van der Waals surface area contributed by atoms with Gasteiger partial charge in [0, 0.05) is 17.9 Å². The molecule has 3 nitrogen and oxygen atoms in total. The Morgan fingerprint density at radius 3 is 2.95 bits per heavy atom. The Kier molecular flexibility index (Phi) is 2.68. The molecule has 1 aliphatic rings. The number of rotatable bonds is 1. The molecule has 3 rings (SSSR count). The standard InChI is InChI=1S/C15H12FN3/c1-10-2-3-12(9-17)15(18-10)19-7-6-11-4-5-13(16)8-14(11)19/h2-5,8H,6-7H2,1H3. The molecular weight excluding hydrogens is 241 g/mol. The third-order valence-corrected chi connectivity index (χ3v) is 3.33. The van der Waals surface area contributed by atoms with Gasteiger partial charge < -0.3 is 4.90 Å². The van der Waals surface area contributed by atoms with Gasteiger partial charge in [0.15, 0.2) is 5.82 Å². The highest BCUT2D eigenvalue weighted by molar-refractivity contribution is 5.71. The van der Waals surface area contributed by atoms with Crippen molar-refractivity contribution in [3.8, 4) is 6.07 Å². The van der Waals surface area contributed by atoms with E-state index in [1.807, 2.05) is 17.9 Å². The maximum atomic E-state index is 13.4. The number of benzene rings is 1. The van der Waals surface area contributed by atoms with Crippen LogP contribution in [0.2, 0.25) is 0 Å². The number of hydrogen-bond donors (Lipinski definition) is 0. The number of aromatic nitrogens is 1. The van der Waals surface area contributed by atoms with Crippen LogP contribution in [0.1, 0.15) is 16.8 Å². The van der Waals surface area contributed by atoms with Crippen LogP contribution in [0.15, 0.2) is 30.3 Å². The first-order valence-corrected chi connectivity index (χ1v) is 6.13. The van der Waals surface area contributed by atoms with Gasteiger partial charge in [0.05, 0.1) is 5.56 Å². The lowest BCUT2D eigenvalue weighted by molar-refractivity contribution is 0.628. The van der Waals surface area contributed by atoms with Crippen LogP contribution < -0.4 is 4.90 Å². The summed E-state index contributed by atoms with van der Waals surface area (Å²) in [5, 5.41) is 9.18. The molecule has 1 aromatic heterocycles. The van der Waals surface area contributed by atoms with Crippen LogP contribution in [-0.4, -0.2) is 11.5 Å². The predicted molar refractivity (Wildman–Crippen MR) is 70.8 cm³/mol. The van der Waals surface area contributed by atoms with Crippen molar-refractivity contribution >= 4 is 11.5 Å². The lowest BCUT2D eigenvalue weighted by Gasteiger charge is -2.19. The summed E-state index contributed by atoms with van der Waals surface area (Å²) in [7, 11) is 0. The molecule has 1 aromatic carbocycles. The molecule has 19 heavy (non-hydrogen) atoms. The first kappa shape index (κ1) is 11.7. The fourth-order valence-corrected chi connectivity index (χ4v) is 2.41. The lowest BCUT2D eigenvalue weighted by Crippen LogP contribution is -2.16. The molecule has 2 aromatic rings. The average Bonchev–Trinajstić information content (AvgIpc) is 2.81. The third kappa shape index (κ3) is 1.93. The molecule has 0 fully saturated rings. The summed E-state index contributed by atoms with van der Waals surface area (Å²) in [5.41, 5.74) is 3.27. The number of hydrogen-bond acceptors (Lipinski definition) is 3. The van der Waals surface area contributed by atoms with Crippen molar-refractivity contribution in [1.82, 2.24) is 4.98 Å². The van der Waals surface area contributed by atoms with Gasteiger partial charge >= 0.3 is 0 Å². The maximum absolute atomic E-state index is 13.4. The van der Waals surface area contributed by atoms with E-state index in [9.17, 15) is 9.65 Å². The van der Waals surface area contributed by atoms with Crippen LogP contribution >= 0.6 is 0 Å². The van der Waals surface area contributed by atoms with Gasteiger partial charge in [-0.1, -0.05) is 6.07 Å². The zero-order valence-corrected chi connectivity index (χ0v) is 10.5. The van der Waals surface area contributed by atoms with E-state index in [0.717, 1.165) is 29.9 Å². The van der Waals surface area contributed by atoms with Crippen LogP contribution in [0.4, 0.5) is 15.9 Å². The van der Waals surface area contributed by atoms with Gasteiger partial charge in [-0.05, 0) is 43.2 Å². The minimum atomic E-state index is -0.267. The van der Waals surface area contributed by atoms with E-state index in [1.54, 1.807) is 12.1 Å². The molecule has 0 atom stereocenters. The summed E-state index contributed by atoms with van der Waals surface area (Å²) in [6.45, 7) is 2.61. The predicted octanol–water partition coefficient (Wildman–Crippen LogP) is 3.10. The Labute approximate surface area is 110 Å². The van der Waals surface area contributed by atoms with Crippen LogP contribution in [-0.2, 0) is 6.42 Å². The fourth-order valence-electron chi connectivity index (χ4n) is 2.41. The molecule has 0 spiro atoms. The second kappa shape index (κ2) is 4.36. The molecule has 94 valence electrons. The zero-order valence-electron chi connectivity index (χ0n) is 10.5. The number of fused-ring (bicyclic) bond motifs is 1. The second-order valence-electron chi connectivity index (χ2n) is 4.61. The molecule has 0 saturated heterocycles. The summed E-state index contributed by atoms with van der Waals surface area (Å²) >= 11 is 0. The molecule has 0 amide bonds. The summed E-state index contributed by atoms with van der Waals surface area (Å²) in [6, 6.07) is 10.5. The molecule has 4 heteroatoms. The number of pyridine rings is 1. The third-order valence-electron chi connectivity index (χ3n) is 3.33. The van der Waals surface area contributed by atoms with Crippen molar-refractivity contribution in [2.45, 2.75) is 13.3 Å². The Balaban J connectivity index is 2.14. The van der Waals surface area contributed by atoms with Crippen LogP contribution in [0.3, 0.4) is 0 Å². The van der Waals surface area contributed by atoms with E-state index in [-0.39, 0.29) is 5.82 Å². The molecule has 0 saturated carbocycles. The SMILES string of the molecule is Cc1ccc(C#N)c(N2CCc3ccc(F)cc32)n1. The normalized spacial score (nSPS) is 13.2. The van der Waals surface area contributed by atoms with Crippen molar-refractivity contribution in [1.29, 1.82) is 5.26 Å². The second-order valence-corrected chi connectivity index (χ2v) is 4.61. The first-order chi connectivity index (χ1) is 9.19. The minimum absolute atomic E-state index is 0.267. The van der Waals surface area contributed by atoms with Crippen molar-refractivity contribution < 1.29 is 4.39 Å². The van der Waals surface area contributed by atoms with Gasteiger partial charge in [-0.2, -0.15) is 5.26 Å². The van der Waals surface area contributed by atoms with Crippen molar-refractivity contribution in [2.24, 2.45) is 0 Å². The fraction of sp³-hybridized carbons (Fsp3) is 0.200.